The first-order valence-corrected chi connectivity index (χ1v) is 7.66. The van der Waals surface area contributed by atoms with Crippen molar-refractivity contribution < 1.29 is 9.59 Å². The number of hydrogen-bond donors (Lipinski definition) is 0. The van der Waals surface area contributed by atoms with Gasteiger partial charge in [-0.1, -0.05) is 48.5 Å². The van der Waals surface area contributed by atoms with Gasteiger partial charge in [0.25, 0.3) is 0 Å². The zero-order chi connectivity index (χ0) is 15.8. The molecule has 1 amide bonds. The Bertz CT molecular complexity index is 608. The van der Waals surface area contributed by atoms with Gasteiger partial charge in [0.05, 0.1) is 0 Å². The zero-order valence-corrected chi connectivity index (χ0v) is 12.9. The molecule has 3 nitrogen and oxygen atoms in total. The minimum Gasteiger partial charge on any atom is -0.313 e. The Balaban J connectivity index is 1.86. The number of para-hydroxylation sites is 1. The van der Waals surface area contributed by atoms with Crippen LogP contribution in [0, 0.1) is 0 Å². The third-order valence-electron chi connectivity index (χ3n) is 3.58. The summed E-state index contributed by atoms with van der Waals surface area (Å²) in [6, 6.07) is 18.8. The lowest BCUT2D eigenvalue weighted by Gasteiger charge is -2.20. The number of rotatable bonds is 7. The van der Waals surface area contributed by atoms with Crippen LogP contribution in [0.5, 0.6) is 0 Å². The smallest absolute Gasteiger partial charge is 0.226 e. The molecule has 0 saturated carbocycles. The van der Waals surface area contributed by atoms with Gasteiger partial charge in [-0.2, -0.15) is 0 Å². The van der Waals surface area contributed by atoms with E-state index in [1.54, 1.807) is 4.90 Å². The van der Waals surface area contributed by atoms with Gasteiger partial charge in [0.1, 0.15) is 0 Å². The average molecular weight is 295 g/mol. The predicted octanol–water partition coefficient (Wildman–Crippen LogP) is 4.09. The van der Waals surface area contributed by atoms with E-state index < -0.39 is 0 Å². The number of amides is 1. The van der Waals surface area contributed by atoms with Crippen molar-refractivity contribution in [2.45, 2.75) is 26.2 Å². The van der Waals surface area contributed by atoms with Gasteiger partial charge in [-0.3, -0.25) is 9.59 Å². The minimum absolute atomic E-state index is 0.0644. The molecule has 22 heavy (non-hydrogen) atoms. The SMILES string of the molecule is CCN(C(=O)CCCC(=O)c1ccccc1)c1ccccc1. The topological polar surface area (TPSA) is 37.4 Å². The van der Waals surface area contributed by atoms with Crippen LogP contribution in [0.4, 0.5) is 5.69 Å². The Hall–Kier alpha value is -2.42. The van der Waals surface area contributed by atoms with E-state index in [2.05, 4.69) is 0 Å². The molecule has 0 radical (unpaired) electrons. The molecule has 0 fully saturated rings. The highest BCUT2D eigenvalue weighted by Crippen LogP contribution is 2.15. The van der Waals surface area contributed by atoms with Crippen molar-refractivity contribution in [1.29, 1.82) is 0 Å². The van der Waals surface area contributed by atoms with Crippen LogP contribution in [-0.2, 0) is 4.79 Å². The number of ketones is 1. The molecule has 0 bridgehead atoms. The van der Waals surface area contributed by atoms with Gasteiger partial charge in [0.2, 0.25) is 5.91 Å². The van der Waals surface area contributed by atoms with E-state index in [1.165, 1.54) is 0 Å². The standard InChI is InChI=1S/C19H21NO2/c1-2-20(17-12-7-4-8-13-17)19(22)15-9-14-18(21)16-10-5-3-6-11-16/h3-8,10-13H,2,9,14-15H2,1H3. The van der Waals surface area contributed by atoms with Gasteiger partial charge in [-0.15, -0.1) is 0 Å². The van der Waals surface area contributed by atoms with Crippen LogP contribution < -0.4 is 4.90 Å². The average Bonchev–Trinajstić information content (AvgIpc) is 2.57. The molecule has 2 rings (SSSR count). The molecule has 0 heterocycles. The van der Waals surface area contributed by atoms with Crippen molar-refractivity contribution in [3.8, 4) is 0 Å². The lowest BCUT2D eigenvalue weighted by molar-refractivity contribution is -0.118. The molecule has 0 aliphatic carbocycles. The molecular weight excluding hydrogens is 274 g/mol. The molecule has 2 aromatic carbocycles. The first-order chi connectivity index (χ1) is 10.7. The molecule has 0 saturated heterocycles. The normalized spacial score (nSPS) is 10.2. The second-order valence-corrected chi connectivity index (χ2v) is 5.12. The highest BCUT2D eigenvalue weighted by Gasteiger charge is 2.14. The van der Waals surface area contributed by atoms with Gasteiger partial charge < -0.3 is 4.90 Å². The Morgan fingerprint density at radius 3 is 2.05 bits per heavy atom. The van der Waals surface area contributed by atoms with E-state index >= 15 is 0 Å². The van der Waals surface area contributed by atoms with Crippen molar-refractivity contribution in [2.75, 3.05) is 11.4 Å². The van der Waals surface area contributed by atoms with Crippen LogP contribution in [0.25, 0.3) is 0 Å². The molecule has 0 aromatic heterocycles. The van der Waals surface area contributed by atoms with Crippen molar-refractivity contribution in [1.82, 2.24) is 0 Å². The van der Waals surface area contributed by atoms with Crippen LogP contribution in [0.1, 0.15) is 36.5 Å². The Labute approximate surface area is 131 Å². The Morgan fingerprint density at radius 1 is 0.864 bits per heavy atom. The summed E-state index contributed by atoms with van der Waals surface area (Å²) in [6.07, 6.45) is 1.37. The molecule has 0 aliphatic heterocycles. The number of hydrogen-bond acceptors (Lipinski definition) is 2. The Morgan fingerprint density at radius 2 is 1.45 bits per heavy atom. The van der Waals surface area contributed by atoms with Gasteiger partial charge >= 0.3 is 0 Å². The molecular formula is C19H21NO2. The fourth-order valence-electron chi connectivity index (χ4n) is 2.41. The quantitative estimate of drug-likeness (QED) is 0.721. The van der Waals surface area contributed by atoms with E-state index in [1.807, 2.05) is 67.6 Å². The summed E-state index contributed by atoms with van der Waals surface area (Å²) in [5.74, 6) is 0.158. The van der Waals surface area contributed by atoms with Crippen molar-refractivity contribution in [3.05, 3.63) is 66.2 Å². The third-order valence-corrected chi connectivity index (χ3v) is 3.58. The number of carbonyl (C=O) groups excluding carboxylic acids is 2. The fraction of sp³-hybridized carbons (Fsp3) is 0.263. The third kappa shape index (κ3) is 4.29. The molecule has 2 aromatic rings. The highest BCUT2D eigenvalue weighted by molar-refractivity contribution is 5.97. The van der Waals surface area contributed by atoms with E-state index in [9.17, 15) is 9.59 Å². The van der Waals surface area contributed by atoms with Crippen molar-refractivity contribution >= 4 is 17.4 Å². The van der Waals surface area contributed by atoms with E-state index in [-0.39, 0.29) is 11.7 Å². The van der Waals surface area contributed by atoms with E-state index in [0.29, 0.717) is 31.4 Å². The molecule has 0 aliphatic rings. The number of nitrogens with zero attached hydrogens (tertiary/aromatic N) is 1. The van der Waals surface area contributed by atoms with E-state index in [0.717, 1.165) is 5.69 Å². The fourth-order valence-corrected chi connectivity index (χ4v) is 2.41. The first-order valence-electron chi connectivity index (χ1n) is 7.66. The van der Waals surface area contributed by atoms with E-state index in [4.69, 9.17) is 0 Å². The van der Waals surface area contributed by atoms with Crippen LogP contribution in [0.3, 0.4) is 0 Å². The maximum absolute atomic E-state index is 12.3. The van der Waals surface area contributed by atoms with Crippen molar-refractivity contribution in [2.24, 2.45) is 0 Å². The second kappa shape index (κ2) is 8.13. The number of benzene rings is 2. The monoisotopic (exact) mass is 295 g/mol. The van der Waals surface area contributed by atoms with Crippen LogP contribution in [-0.4, -0.2) is 18.2 Å². The van der Waals surface area contributed by atoms with Gasteiger partial charge in [-0.25, -0.2) is 0 Å². The maximum Gasteiger partial charge on any atom is 0.226 e. The lowest BCUT2D eigenvalue weighted by atomic mass is 10.1. The molecule has 3 heteroatoms. The van der Waals surface area contributed by atoms with Crippen molar-refractivity contribution in [3.63, 3.8) is 0 Å². The maximum atomic E-state index is 12.3. The summed E-state index contributed by atoms with van der Waals surface area (Å²) in [6.45, 7) is 2.59. The molecule has 0 N–H and O–H groups in total. The molecule has 114 valence electrons. The largest absolute Gasteiger partial charge is 0.313 e. The molecule has 0 unspecified atom stereocenters. The second-order valence-electron chi connectivity index (χ2n) is 5.12. The molecule has 0 atom stereocenters. The van der Waals surface area contributed by atoms with Crippen LogP contribution >= 0.6 is 0 Å². The van der Waals surface area contributed by atoms with Gasteiger partial charge in [0.15, 0.2) is 5.78 Å². The Kier molecular flexibility index (Phi) is 5.90. The highest BCUT2D eigenvalue weighted by atomic mass is 16.2. The summed E-state index contributed by atoms with van der Waals surface area (Å²) in [7, 11) is 0. The lowest BCUT2D eigenvalue weighted by Crippen LogP contribution is -2.30. The summed E-state index contributed by atoms with van der Waals surface area (Å²) in [5, 5.41) is 0. The molecule has 0 spiro atoms. The zero-order valence-electron chi connectivity index (χ0n) is 12.9. The summed E-state index contributed by atoms with van der Waals surface area (Å²) < 4.78 is 0. The van der Waals surface area contributed by atoms with Crippen LogP contribution in [0.15, 0.2) is 60.7 Å². The summed E-state index contributed by atoms with van der Waals surface area (Å²) in [4.78, 5) is 26.1. The summed E-state index contributed by atoms with van der Waals surface area (Å²) in [5.41, 5.74) is 1.62. The number of Topliss-reactive ketones (excluding diaryl/α,β-unsaturated/α-hetero) is 1. The first kappa shape index (κ1) is 16.0. The number of anilines is 1. The van der Waals surface area contributed by atoms with Crippen LogP contribution in [0.2, 0.25) is 0 Å². The van der Waals surface area contributed by atoms with Gasteiger partial charge in [-0.05, 0) is 25.5 Å². The minimum atomic E-state index is 0.0644. The number of carbonyl (C=O) groups is 2. The summed E-state index contributed by atoms with van der Waals surface area (Å²) >= 11 is 0. The predicted molar refractivity (Wildman–Crippen MR) is 89.1 cm³/mol. The van der Waals surface area contributed by atoms with Gasteiger partial charge in [0, 0.05) is 30.6 Å².